The van der Waals surface area contributed by atoms with E-state index in [0.717, 1.165) is 10.2 Å². The van der Waals surface area contributed by atoms with Crippen molar-refractivity contribution in [3.8, 4) is 10.9 Å². The molecule has 2 aromatic heterocycles. The Bertz CT molecular complexity index is 1440. The molecule has 0 radical (unpaired) electrons. The highest BCUT2D eigenvalue weighted by Gasteiger charge is 2.22. The lowest BCUT2D eigenvalue weighted by molar-refractivity contribution is 0.102. The molecule has 0 bridgehead atoms. The Morgan fingerprint density at radius 2 is 1.82 bits per heavy atom. The highest BCUT2D eigenvalue weighted by molar-refractivity contribution is 7.89. The average molecular weight is 500 g/mol. The van der Waals surface area contributed by atoms with Gasteiger partial charge in [-0.05, 0) is 43.3 Å². The number of hydrogen-bond acceptors (Lipinski definition) is 7. The summed E-state index contributed by atoms with van der Waals surface area (Å²) in [5.41, 5.74) is 1.82. The van der Waals surface area contributed by atoms with Gasteiger partial charge >= 0.3 is 0 Å². The fourth-order valence-electron chi connectivity index (χ4n) is 3.53. The molecule has 0 unspecified atom stereocenters. The number of fused-ring (bicyclic) bond motifs is 1. The largest absolute Gasteiger partial charge is 0.497 e. The average Bonchev–Trinajstić information content (AvgIpc) is 3.41. The van der Waals surface area contributed by atoms with Gasteiger partial charge < -0.3 is 10.1 Å². The molecule has 1 N–H and O–H groups in total. The van der Waals surface area contributed by atoms with Crippen LogP contribution in [0.15, 0.2) is 53.4 Å². The number of aromatic nitrogens is 3. The summed E-state index contributed by atoms with van der Waals surface area (Å²) >= 11 is 1.44. The van der Waals surface area contributed by atoms with Gasteiger partial charge in [0, 0.05) is 30.8 Å². The molecule has 0 fully saturated rings. The number of anilines is 1. The quantitative estimate of drug-likeness (QED) is 0.392. The molecule has 11 heteroatoms. The van der Waals surface area contributed by atoms with E-state index in [2.05, 4.69) is 15.4 Å². The van der Waals surface area contributed by atoms with Crippen molar-refractivity contribution < 1.29 is 17.9 Å². The van der Waals surface area contributed by atoms with E-state index in [1.165, 1.54) is 39.9 Å². The van der Waals surface area contributed by atoms with Crippen LogP contribution in [-0.4, -0.2) is 53.6 Å². The van der Waals surface area contributed by atoms with Crippen LogP contribution in [0.4, 0.5) is 5.82 Å². The number of benzene rings is 2. The Morgan fingerprint density at radius 1 is 1.12 bits per heavy atom. The summed E-state index contributed by atoms with van der Waals surface area (Å²) in [7, 11) is -1.99. The lowest BCUT2D eigenvalue weighted by Crippen LogP contribution is -2.30. The van der Waals surface area contributed by atoms with Crippen LogP contribution >= 0.6 is 11.3 Å². The first-order valence-electron chi connectivity index (χ1n) is 10.7. The molecule has 0 saturated carbocycles. The molecule has 2 heterocycles. The number of hydrogen-bond donors (Lipinski definition) is 1. The van der Waals surface area contributed by atoms with Crippen LogP contribution in [0.1, 0.15) is 29.9 Å². The van der Waals surface area contributed by atoms with Gasteiger partial charge in [-0.3, -0.25) is 4.79 Å². The van der Waals surface area contributed by atoms with Crippen LogP contribution in [0, 0.1) is 6.92 Å². The van der Waals surface area contributed by atoms with E-state index >= 15 is 0 Å². The number of carbonyl (C=O) groups excluding carboxylic acids is 1. The second kappa shape index (κ2) is 9.53. The number of aryl methyl sites for hydroxylation is 1. The van der Waals surface area contributed by atoms with Gasteiger partial charge in [0.15, 0.2) is 0 Å². The molecule has 34 heavy (non-hydrogen) atoms. The predicted molar refractivity (Wildman–Crippen MR) is 133 cm³/mol. The van der Waals surface area contributed by atoms with Gasteiger partial charge in [-0.15, -0.1) is 0 Å². The minimum Gasteiger partial charge on any atom is -0.497 e. The van der Waals surface area contributed by atoms with Crippen LogP contribution in [-0.2, 0) is 10.0 Å². The zero-order valence-electron chi connectivity index (χ0n) is 19.3. The zero-order valence-corrected chi connectivity index (χ0v) is 20.9. The molecule has 4 rings (SSSR count). The fraction of sp³-hybridized carbons (Fsp3) is 0.261. The van der Waals surface area contributed by atoms with E-state index < -0.39 is 10.0 Å². The molecule has 0 aliphatic rings. The van der Waals surface area contributed by atoms with E-state index in [1.807, 2.05) is 25.1 Å². The molecule has 0 saturated heterocycles. The zero-order chi connectivity index (χ0) is 24.5. The van der Waals surface area contributed by atoms with Crippen molar-refractivity contribution in [2.45, 2.75) is 25.7 Å². The maximum absolute atomic E-state index is 12.9. The van der Waals surface area contributed by atoms with Crippen molar-refractivity contribution in [2.75, 3.05) is 25.5 Å². The number of nitrogens with zero attached hydrogens (tertiary/aromatic N) is 4. The first-order valence-corrected chi connectivity index (χ1v) is 13.0. The van der Waals surface area contributed by atoms with Gasteiger partial charge in [0.05, 0.1) is 27.9 Å². The molecule has 0 aliphatic heterocycles. The maximum atomic E-state index is 12.9. The van der Waals surface area contributed by atoms with Crippen molar-refractivity contribution in [3.05, 3.63) is 59.8 Å². The third-order valence-electron chi connectivity index (χ3n) is 5.30. The first kappa shape index (κ1) is 23.9. The second-order valence-corrected chi connectivity index (χ2v) is 10.4. The lowest BCUT2D eigenvalue weighted by Gasteiger charge is -2.18. The van der Waals surface area contributed by atoms with Crippen molar-refractivity contribution in [1.82, 2.24) is 19.1 Å². The molecule has 4 aromatic rings. The third-order valence-corrected chi connectivity index (χ3v) is 8.37. The summed E-state index contributed by atoms with van der Waals surface area (Å²) in [4.78, 5) is 17.7. The van der Waals surface area contributed by atoms with Crippen molar-refractivity contribution in [3.63, 3.8) is 0 Å². The highest BCUT2D eigenvalue weighted by atomic mass is 32.2. The van der Waals surface area contributed by atoms with Crippen LogP contribution in [0.5, 0.6) is 5.75 Å². The summed E-state index contributed by atoms with van der Waals surface area (Å²) in [5.74, 6) is 0.796. The second-order valence-electron chi connectivity index (χ2n) is 7.48. The number of sulfonamides is 1. The summed E-state index contributed by atoms with van der Waals surface area (Å²) in [6.45, 7) is 6.16. The Kier molecular flexibility index (Phi) is 6.69. The van der Waals surface area contributed by atoms with E-state index in [9.17, 15) is 13.2 Å². The number of nitrogens with one attached hydrogen (secondary N) is 1. The normalized spacial score (nSPS) is 11.8. The lowest BCUT2D eigenvalue weighted by atomic mass is 10.2. The number of ether oxygens (including phenoxy) is 1. The standard InChI is InChI=1S/C23H25N5O4S2/c1-5-27(6-2)34(30,31)18-10-7-16(8-11-18)22(29)25-21-13-15(3)26-28(21)23-24-19-14-17(32-4)9-12-20(19)33-23/h7-14H,5-6H2,1-4H3,(H,25,29). The molecule has 1 amide bonds. The molecular formula is C23H25N5O4S2. The monoisotopic (exact) mass is 499 g/mol. The van der Waals surface area contributed by atoms with Crippen molar-refractivity contribution >= 4 is 43.3 Å². The van der Waals surface area contributed by atoms with Crippen molar-refractivity contribution in [1.29, 1.82) is 0 Å². The van der Waals surface area contributed by atoms with E-state index in [4.69, 9.17) is 4.74 Å². The fourth-order valence-corrected chi connectivity index (χ4v) is 5.90. The maximum Gasteiger partial charge on any atom is 0.256 e. The topological polar surface area (TPSA) is 106 Å². The molecular weight excluding hydrogens is 474 g/mol. The molecule has 9 nitrogen and oxygen atoms in total. The molecule has 0 atom stereocenters. The number of methoxy groups -OCH3 is 1. The Balaban J connectivity index is 1.59. The number of amides is 1. The molecule has 178 valence electrons. The smallest absolute Gasteiger partial charge is 0.256 e. The molecule has 2 aromatic carbocycles. The van der Waals surface area contributed by atoms with Crippen molar-refractivity contribution in [2.24, 2.45) is 0 Å². The van der Waals surface area contributed by atoms with Gasteiger partial charge in [0.2, 0.25) is 15.2 Å². The van der Waals surface area contributed by atoms with Crippen LogP contribution in [0.3, 0.4) is 0 Å². The first-order chi connectivity index (χ1) is 16.3. The molecule has 0 aliphatic carbocycles. The highest BCUT2D eigenvalue weighted by Crippen LogP contribution is 2.30. The van der Waals surface area contributed by atoms with E-state index in [0.29, 0.717) is 41.0 Å². The molecule has 0 spiro atoms. The summed E-state index contributed by atoms with van der Waals surface area (Å²) in [6, 6.07) is 13.3. The Hall–Kier alpha value is -3.28. The van der Waals surface area contributed by atoms with Gasteiger partial charge in [0.25, 0.3) is 5.91 Å². The minimum absolute atomic E-state index is 0.151. The van der Waals surface area contributed by atoms with Gasteiger partial charge in [-0.2, -0.15) is 14.1 Å². The van der Waals surface area contributed by atoms with Crippen LogP contribution in [0.25, 0.3) is 15.3 Å². The predicted octanol–water partition coefficient (Wildman–Crippen LogP) is 4.08. The minimum atomic E-state index is -3.59. The van der Waals surface area contributed by atoms with Crippen LogP contribution in [0.2, 0.25) is 0 Å². The van der Waals surface area contributed by atoms with Gasteiger partial charge in [-0.1, -0.05) is 25.2 Å². The summed E-state index contributed by atoms with van der Waals surface area (Å²) in [5, 5.41) is 7.95. The number of thiazole rings is 1. The van der Waals surface area contributed by atoms with Gasteiger partial charge in [-0.25, -0.2) is 13.4 Å². The number of rotatable bonds is 8. The Labute approximate surface area is 202 Å². The van der Waals surface area contributed by atoms with Crippen LogP contribution < -0.4 is 10.1 Å². The Morgan fingerprint density at radius 3 is 2.47 bits per heavy atom. The van der Waals surface area contributed by atoms with Gasteiger partial charge in [0.1, 0.15) is 11.6 Å². The van der Waals surface area contributed by atoms with E-state index in [1.54, 1.807) is 31.7 Å². The summed E-state index contributed by atoms with van der Waals surface area (Å²) in [6.07, 6.45) is 0. The number of carbonyl (C=O) groups is 1. The summed E-state index contributed by atoms with van der Waals surface area (Å²) < 4.78 is 34.6. The third kappa shape index (κ3) is 4.54. The van der Waals surface area contributed by atoms with E-state index in [-0.39, 0.29) is 10.8 Å². The SMILES string of the molecule is CCN(CC)S(=O)(=O)c1ccc(C(=O)Nc2cc(C)nn2-c2nc3cc(OC)ccc3s2)cc1.